The van der Waals surface area contributed by atoms with Gasteiger partial charge in [0.1, 0.15) is 36.5 Å². The first-order valence-electron chi connectivity index (χ1n) is 9.10. The summed E-state index contributed by atoms with van der Waals surface area (Å²) in [5, 5.41) is 0. The largest absolute Gasteiger partial charge is 0.497 e. The number of hydrogen-bond acceptors (Lipinski definition) is 3. The Kier molecular flexibility index (Phi) is 5.02. The van der Waals surface area contributed by atoms with Gasteiger partial charge in [0, 0.05) is 18.4 Å². The molecule has 0 spiro atoms. The molecule has 0 aliphatic carbocycles. The lowest BCUT2D eigenvalue weighted by Crippen LogP contribution is -2.44. The first-order chi connectivity index (χ1) is 13.6. The van der Waals surface area contributed by atoms with Gasteiger partial charge in [-0.25, -0.2) is 4.39 Å². The Morgan fingerprint density at radius 2 is 1.86 bits per heavy atom. The molecule has 0 saturated heterocycles. The van der Waals surface area contributed by atoms with Crippen molar-refractivity contribution in [2.45, 2.75) is 19.1 Å². The van der Waals surface area contributed by atoms with E-state index in [2.05, 4.69) is 0 Å². The summed E-state index contributed by atoms with van der Waals surface area (Å²) in [6.07, 6.45) is 1.90. The fraction of sp³-hybridized carbons (Fsp3) is 0.227. The van der Waals surface area contributed by atoms with E-state index in [1.165, 1.54) is 12.1 Å². The number of fused-ring (bicyclic) bond motifs is 1. The number of ether oxygens (including phenoxy) is 2. The van der Waals surface area contributed by atoms with E-state index < -0.39 is 0 Å². The highest BCUT2D eigenvalue weighted by atomic mass is 19.1. The molecule has 0 unspecified atom stereocenters. The molecule has 0 fully saturated rings. The third-order valence-electron chi connectivity index (χ3n) is 4.92. The first-order valence-corrected chi connectivity index (χ1v) is 9.10. The SMILES string of the molecule is COc1ccc(OC[C@H]2c3cccn3CC(=O)N2Cc2cccc(F)c2)cc1. The van der Waals surface area contributed by atoms with E-state index in [0.717, 1.165) is 17.0 Å². The lowest BCUT2D eigenvalue weighted by molar-refractivity contribution is -0.138. The van der Waals surface area contributed by atoms with Gasteiger partial charge in [-0.2, -0.15) is 0 Å². The van der Waals surface area contributed by atoms with Crippen LogP contribution in [0.1, 0.15) is 17.3 Å². The predicted molar refractivity (Wildman–Crippen MR) is 103 cm³/mol. The van der Waals surface area contributed by atoms with E-state index >= 15 is 0 Å². The Hall–Kier alpha value is -3.28. The van der Waals surface area contributed by atoms with E-state index in [4.69, 9.17) is 9.47 Å². The minimum absolute atomic E-state index is 0.0173. The van der Waals surface area contributed by atoms with Crippen molar-refractivity contribution in [3.05, 3.63) is 83.9 Å². The summed E-state index contributed by atoms with van der Waals surface area (Å²) in [5.74, 6) is 1.12. The molecular weight excluding hydrogens is 359 g/mol. The molecule has 1 amide bonds. The molecule has 6 heteroatoms. The van der Waals surface area contributed by atoms with Crippen molar-refractivity contribution in [3.8, 4) is 11.5 Å². The zero-order valence-electron chi connectivity index (χ0n) is 15.5. The molecule has 3 aromatic rings. The molecule has 28 heavy (non-hydrogen) atoms. The number of carbonyl (C=O) groups excluding carboxylic acids is 1. The van der Waals surface area contributed by atoms with E-state index in [1.807, 2.05) is 53.2 Å². The number of nitrogens with zero attached hydrogens (tertiary/aromatic N) is 2. The molecule has 0 N–H and O–H groups in total. The molecule has 1 aliphatic rings. The number of methoxy groups -OCH3 is 1. The maximum atomic E-state index is 13.6. The van der Waals surface area contributed by atoms with Gasteiger partial charge in [-0.3, -0.25) is 4.79 Å². The van der Waals surface area contributed by atoms with Gasteiger partial charge in [0.05, 0.1) is 7.11 Å². The summed E-state index contributed by atoms with van der Waals surface area (Å²) >= 11 is 0. The topological polar surface area (TPSA) is 43.7 Å². The normalized spacial score (nSPS) is 16.0. The standard InChI is InChI=1S/C22H21FN2O3/c1-27-18-7-9-19(10-8-18)28-15-21-20-6-3-11-24(20)14-22(26)25(21)13-16-4-2-5-17(23)12-16/h2-12,21H,13-15H2,1H3/t21-/m0/s1. The van der Waals surface area contributed by atoms with Gasteiger partial charge in [0.2, 0.25) is 5.91 Å². The summed E-state index contributed by atoms with van der Waals surface area (Å²) in [6.45, 7) is 0.909. The highest BCUT2D eigenvalue weighted by molar-refractivity contribution is 5.78. The fourth-order valence-corrected chi connectivity index (χ4v) is 3.50. The number of benzene rings is 2. The molecule has 0 saturated carbocycles. The third kappa shape index (κ3) is 3.71. The van der Waals surface area contributed by atoms with Crippen LogP contribution in [0.2, 0.25) is 0 Å². The van der Waals surface area contributed by atoms with Crippen LogP contribution in [-0.4, -0.2) is 29.1 Å². The van der Waals surface area contributed by atoms with Crippen LogP contribution in [0.4, 0.5) is 4.39 Å². The molecule has 2 aromatic carbocycles. The maximum absolute atomic E-state index is 13.6. The van der Waals surface area contributed by atoms with Gasteiger partial charge in [-0.05, 0) is 54.1 Å². The quantitative estimate of drug-likeness (QED) is 0.653. The van der Waals surface area contributed by atoms with E-state index in [1.54, 1.807) is 18.1 Å². The minimum atomic E-state index is -0.309. The van der Waals surface area contributed by atoms with Crippen LogP contribution >= 0.6 is 0 Å². The van der Waals surface area contributed by atoms with Crippen molar-refractivity contribution < 1.29 is 18.7 Å². The monoisotopic (exact) mass is 380 g/mol. The predicted octanol–water partition coefficient (Wildman–Crippen LogP) is 3.80. The van der Waals surface area contributed by atoms with Crippen LogP contribution in [0, 0.1) is 5.82 Å². The number of aromatic nitrogens is 1. The van der Waals surface area contributed by atoms with Gasteiger partial charge in [0.15, 0.2) is 0 Å². The second kappa shape index (κ2) is 7.76. The Labute approximate surface area is 162 Å². The van der Waals surface area contributed by atoms with Gasteiger partial charge in [0.25, 0.3) is 0 Å². The average molecular weight is 380 g/mol. The highest BCUT2D eigenvalue weighted by Gasteiger charge is 2.33. The van der Waals surface area contributed by atoms with Gasteiger partial charge >= 0.3 is 0 Å². The van der Waals surface area contributed by atoms with E-state index in [9.17, 15) is 9.18 Å². The Bertz CT molecular complexity index is 968. The zero-order chi connectivity index (χ0) is 19.5. The van der Waals surface area contributed by atoms with Crippen molar-refractivity contribution in [2.24, 2.45) is 0 Å². The fourth-order valence-electron chi connectivity index (χ4n) is 3.50. The molecule has 144 valence electrons. The van der Waals surface area contributed by atoms with Gasteiger partial charge < -0.3 is 18.9 Å². The Balaban J connectivity index is 1.57. The number of hydrogen-bond donors (Lipinski definition) is 0. The molecule has 5 nitrogen and oxygen atoms in total. The van der Waals surface area contributed by atoms with Crippen LogP contribution in [0.3, 0.4) is 0 Å². The molecule has 1 atom stereocenters. The molecule has 2 heterocycles. The summed E-state index contributed by atoms with van der Waals surface area (Å²) in [6, 6.07) is 17.3. The third-order valence-corrected chi connectivity index (χ3v) is 4.92. The van der Waals surface area contributed by atoms with Crippen molar-refractivity contribution in [3.63, 3.8) is 0 Å². The highest BCUT2D eigenvalue weighted by Crippen LogP contribution is 2.30. The summed E-state index contributed by atoms with van der Waals surface area (Å²) in [7, 11) is 1.61. The summed E-state index contributed by atoms with van der Waals surface area (Å²) in [4.78, 5) is 14.5. The smallest absolute Gasteiger partial charge is 0.243 e. The Morgan fingerprint density at radius 3 is 2.61 bits per heavy atom. The van der Waals surface area contributed by atoms with Gasteiger partial charge in [-0.15, -0.1) is 0 Å². The van der Waals surface area contributed by atoms with Crippen LogP contribution in [0.5, 0.6) is 11.5 Å². The molecule has 1 aliphatic heterocycles. The van der Waals surface area contributed by atoms with Crippen molar-refractivity contribution in [2.75, 3.05) is 13.7 Å². The maximum Gasteiger partial charge on any atom is 0.243 e. The zero-order valence-corrected chi connectivity index (χ0v) is 15.5. The number of halogens is 1. The minimum Gasteiger partial charge on any atom is -0.497 e. The van der Waals surface area contributed by atoms with E-state index in [-0.39, 0.29) is 24.3 Å². The van der Waals surface area contributed by atoms with Crippen LogP contribution in [-0.2, 0) is 17.9 Å². The second-order valence-electron chi connectivity index (χ2n) is 6.71. The van der Waals surface area contributed by atoms with Crippen molar-refractivity contribution >= 4 is 5.91 Å². The average Bonchev–Trinajstić information content (AvgIpc) is 3.16. The molecule has 4 rings (SSSR count). The Morgan fingerprint density at radius 1 is 1.07 bits per heavy atom. The molecule has 0 radical (unpaired) electrons. The van der Waals surface area contributed by atoms with Crippen LogP contribution < -0.4 is 9.47 Å². The molecular formula is C22H21FN2O3. The van der Waals surface area contributed by atoms with Crippen LogP contribution in [0.25, 0.3) is 0 Å². The van der Waals surface area contributed by atoms with E-state index in [0.29, 0.717) is 18.9 Å². The van der Waals surface area contributed by atoms with Gasteiger partial charge in [-0.1, -0.05) is 12.1 Å². The lowest BCUT2D eigenvalue weighted by atomic mass is 10.1. The number of carbonyl (C=O) groups is 1. The van der Waals surface area contributed by atoms with Crippen molar-refractivity contribution in [1.82, 2.24) is 9.47 Å². The van der Waals surface area contributed by atoms with Crippen molar-refractivity contribution in [1.29, 1.82) is 0 Å². The second-order valence-corrected chi connectivity index (χ2v) is 6.71. The molecule has 0 bridgehead atoms. The van der Waals surface area contributed by atoms with Crippen LogP contribution in [0.15, 0.2) is 66.9 Å². The summed E-state index contributed by atoms with van der Waals surface area (Å²) in [5.41, 5.74) is 1.76. The summed E-state index contributed by atoms with van der Waals surface area (Å²) < 4.78 is 26.7. The number of rotatable bonds is 6. The first kappa shape index (κ1) is 18.1. The number of amides is 1. The molecule has 1 aromatic heterocycles. The lowest BCUT2D eigenvalue weighted by Gasteiger charge is -2.36.